The lowest BCUT2D eigenvalue weighted by Crippen LogP contribution is -2.37. The van der Waals surface area contributed by atoms with Gasteiger partial charge in [0.1, 0.15) is 0 Å². The van der Waals surface area contributed by atoms with Crippen molar-refractivity contribution in [3.63, 3.8) is 0 Å². The van der Waals surface area contributed by atoms with E-state index >= 15 is 0 Å². The standard InChI is InChI=1S/C11H20N2/c1-3-9-13(11-5-6-11)10(4-2)7-8-12/h10-11H,3-7,9H2,1-2H3. The molecule has 1 atom stereocenters. The molecule has 0 spiro atoms. The van der Waals surface area contributed by atoms with Gasteiger partial charge in [-0.05, 0) is 32.2 Å². The molecular formula is C11H20N2. The number of nitriles is 1. The van der Waals surface area contributed by atoms with E-state index in [1.165, 1.54) is 25.8 Å². The molecule has 0 radical (unpaired) electrons. The van der Waals surface area contributed by atoms with Crippen molar-refractivity contribution in [2.75, 3.05) is 6.54 Å². The van der Waals surface area contributed by atoms with Gasteiger partial charge >= 0.3 is 0 Å². The van der Waals surface area contributed by atoms with Gasteiger partial charge < -0.3 is 0 Å². The van der Waals surface area contributed by atoms with Crippen molar-refractivity contribution in [3.05, 3.63) is 0 Å². The Balaban J connectivity index is 2.44. The molecule has 0 aromatic rings. The average molecular weight is 180 g/mol. The summed E-state index contributed by atoms with van der Waals surface area (Å²) in [5.41, 5.74) is 0. The average Bonchev–Trinajstić information content (AvgIpc) is 2.94. The fraction of sp³-hybridized carbons (Fsp3) is 0.909. The summed E-state index contributed by atoms with van der Waals surface area (Å²) in [5, 5.41) is 8.71. The van der Waals surface area contributed by atoms with E-state index in [0.717, 1.165) is 12.5 Å². The summed E-state index contributed by atoms with van der Waals surface area (Å²) in [5.74, 6) is 0. The molecule has 74 valence electrons. The van der Waals surface area contributed by atoms with Crippen molar-refractivity contribution in [1.29, 1.82) is 5.26 Å². The zero-order valence-corrected chi connectivity index (χ0v) is 8.79. The second-order valence-corrected chi connectivity index (χ2v) is 3.89. The Hall–Kier alpha value is -0.550. The summed E-state index contributed by atoms with van der Waals surface area (Å²) < 4.78 is 0. The van der Waals surface area contributed by atoms with Crippen LogP contribution in [0.5, 0.6) is 0 Å². The highest BCUT2D eigenvalue weighted by Crippen LogP contribution is 2.30. The predicted octanol–water partition coefficient (Wildman–Crippen LogP) is 2.55. The van der Waals surface area contributed by atoms with Gasteiger partial charge in [-0.25, -0.2) is 0 Å². The maximum atomic E-state index is 8.71. The van der Waals surface area contributed by atoms with Crippen LogP contribution in [-0.4, -0.2) is 23.5 Å². The minimum atomic E-state index is 0.512. The Morgan fingerprint density at radius 1 is 1.46 bits per heavy atom. The van der Waals surface area contributed by atoms with Gasteiger partial charge in [0.15, 0.2) is 0 Å². The van der Waals surface area contributed by atoms with Crippen molar-refractivity contribution in [2.45, 2.75) is 58.0 Å². The van der Waals surface area contributed by atoms with Crippen LogP contribution >= 0.6 is 0 Å². The lowest BCUT2D eigenvalue weighted by atomic mass is 10.1. The fourth-order valence-corrected chi connectivity index (χ4v) is 1.93. The van der Waals surface area contributed by atoms with Gasteiger partial charge in [-0.2, -0.15) is 5.26 Å². The van der Waals surface area contributed by atoms with E-state index in [-0.39, 0.29) is 0 Å². The van der Waals surface area contributed by atoms with E-state index in [1.807, 2.05) is 0 Å². The zero-order chi connectivity index (χ0) is 9.68. The zero-order valence-electron chi connectivity index (χ0n) is 8.79. The first-order valence-electron chi connectivity index (χ1n) is 5.46. The second kappa shape index (κ2) is 5.24. The van der Waals surface area contributed by atoms with E-state index in [1.54, 1.807) is 0 Å². The van der Waals surface area contributed by atoms with Crippen molar-refractivity contribution in [1.82, 2.24) is 4.90 Å². The second-order valence-electron chi connectivity index (χ2n) is 3.89. The molecule has 1 saturated carbocycles. The van der Waals surface area contributed by atoms with Crippen LogP contribution in [0.15, 0.2) is 0 Å². The molecular weight excluding hydrogens is 160 g/mol. The van der Waals surface area contributed by atoms with Crippen LogP contribution in [0.4, 0.5) is 0 Å². The molecule has 2 nitrogen and oxygen atoms in total. The maximum absolute atomic E-state index is 8.71. The number of rotatable bonds is 6. The predicted molar refractivity (Wildman–Crippen MR) is 54.3 cm³/mol. The number of nitrogens with zero attached hydrogens (tertiary/aromatic N) is 2. The molecule has 1 fully saturated rings. The lowest BCUT2D eigenvalue weighted by molar-refractivity contribution is 0.183. The Labute approximate surface area is 81.5 Å². The van der Waals surface area contributed by atoms with Crippen LogP contribution in [0, 0.1) is 11.3 Å². The molecule has 2 heteroatoms. The van der Waals surface area contributed by atoms with Crippen LogP contribution in [0.2, 0.25) is 0 Å². The molecule has 1 aliphatic carbocycles. The summed E-state index contributed by atoms with van der Waals surface area (Å²) in [6, 6.07) is 3.61. The Morgan fingerprint density at radius 3 is 2.54 bits per heavy atom. The van der Waals surface area contributed by atoms with Gasteiger partial charge in [0.05, 0.1) is 12.5 Å². The number of hydrogen-bond donors (Lipinski definition) is 0. The van der Waals surface area contributed by atoms with Crippen molar-refractivity contribution in [2.24, 2.45) is 0 Å². The van der Waals surface area contributed by atoms with E-state index in [0.29, 0.717) is 12.5 Å². The Bertz CT molecular complexity index is 179. The molecule has 0 aromatic carbocycles. The molecule has 0 aromatic heterocycles. The quantitative estimate of drug-likeness (QED) is 0.628. The maximum Gasteiger partial charge on any atom is 0.0638 e. The SMILES string of the molecule is CCCN(C(CC)CC#N)C1CC1. The highest BCUT2D eigenvalue weighted by atomic mass is 15.2. The summed E-state index contributed by atoms with van der Waals surface area (Å²) in [4.78, 5) is 2.54. The summed E-state index contributed by atoms with van der Waals surface area (Å²) in [6.45, 7) is 5.58. The van der Waals surface area contributed by atoms with E-state index in [4.69, 9.17) is 5.26 Å². The van der Waals surface area contributed by atoms with Crippen molar-refractivity contribution in [3.8, 4) is 6.07 Å². The first-order chi connectivity index (χ1) is 6.33. The molecule has 0 N–H and O–H groups in total. The molecule has 1 unspecified atom stereocenters. The van der Waals surface area contributed by atoms with Crippen LogP contribution in [0.1, 0.15) is 46.0 Å². The third-order valence-electron chi connectivity index (χ3n) is 2.76. The lowest BCUT2D eigenvalue weighted by Gasteiger charge is -2.29. The minimum absolute atomic E-state index is 0.512. The third kappa shape index (κ3) is 3.00. The molecule has 1 rings (SSSR count). The molecule has 0 saturated heterocycles. The topological polar surface area (TPSA) is 27.0 Å². The van der Waals surface area contributed by atoms with Crippen molar-refractivity contribution >= 4 is 0 Å². The number of hydrogen-bond acceptors (Lipinski definition) is 2. The summed E-state index contributed by atoms with van der Waals surface area (Å²) in [7, 11) is 0. The van der Waals surface area contributed by atoms with Gasteiger partial charge in [0, 0.05) is 12.1 Å². The monoisotopic (exact) mass is 180 g/mol. The van der Waals surface area contributed by atoms with Gasteiger partial charge in [0.25, 0.3) is 0 Å². The highest BCUT2D eigenvalue weighted by Gasteiger charge is 2.32. The molecule has 0 heterocycles. The molecule has 1 aliphatic rings. The normalized spacial score (nSPS) is 18.6. The van der Waals surface area contributed by atoms with Gasteiger partial charge in [-0.3, -0.25) is 4.90 Å². The van der Waals surface area contributed by atoms with Crippen LogP contribution < -0.4 is 0 Å². The summed E-state index contributed by atoms with van der Waals surface area (Å²) in [6.07, 6.45) is 5.72. The smallest absolute Gasteiger partial charge is 0.0638 e. The van der Waals surface area contributed by atoms with E-state index in [9.17, 15) is 0 Å². The molecule has 0 amide bonds. The van der Waals surface area contributed by atoms with Crippen LogP contribution in [-0.2, 0) is 0 Å². The van der Waals surface area contributed by atoms with E-state index in [2.05, 4.69) is 24.8 Å². The Morgan fingerprint density at radius 2 is 2.15 bits per heavy atom. The minimum Gasteiger partial charge on any atom is -0.296 e. The molecule has 13 heavy (non-hydrogen) atoms. The van der Waals surface area contributed by atoms with Gasteiger partial charge in [-0.15, -0.1) is 0 Å². The van der Waals surface area contributed by atoms with Crippen LogP contribution in [0.25, 0.3) is 0 Å². The molecule has 0 bridgehead atoms. The Kier molecular flexibility index (Phi) is 4.24. The van der Waals surface area contributed by atoms with Crippen LogP contribution in [0.3, 0.4) is 0 Å². The van der Waals surface area contributed by atoms with Gasteiger partial charge in [0.2, 0.25) is 0 Å². The largest absolute Gasteiger partial charge is 0.296 e. The first kappa shape index (κ1) is 10.5. The fourth-order valence-electron chi connectivity index (χ4n) is 1.93. The van der Waals surface area contributed by atoms with E-state index < -0.39 is 0 Å². The van der Waals surface area contributed by atoms with Crippen molar-refractivity contribution < 1.29 is 0 Å². The highest BCUT2D eigenvalue weighted by molar-refractivity contribution is 4.91. The summed E-state index contributed by atoms with van der Waals surface area (Å²) >= 11 is 0. The van der Waals surface area contributed by atoms with Gasteiger partial charge in [-0.1, -0.05) is 13.8 Å². The molecule has 0 aliphatic heterocycles. The third-order valence-corrected chi connectivity index (χ3v) is 2.76. The first-order valence-corrected chi connectivity index (χ1v) is 5.46.